The molecule has 1 N–H and O–H groups in total. The van der Waals surface area contributed by atoms with E-state index in [1.54, 1.807) is 0 Å². The largest absolute Gasteiger partial charge is 0.340 e. The number of nitrogens with one attached hydrogen (secondary N) is 1. The van der Waals surface area contributed by atoms with Crippen LogP contribution in [-0.4, -0.2) is 10.6 Å². The molecule has 0 aliphatic heterocycles. The molecule has 3 nitrogen and oxygen atoms in total. The molecule has 3 heteroatoms. The van der Waals surface area contributed by atoms with Crippen LogP contribution in [0, 0.1) is 30.1 Å². The highest BCUT2D eigenvalue weighted by Gasteiger charge is 2.31. The smallest absolute Gasteiger partial charge is 0.120 e. The van der Waals surface area contributed by atoms with Gasteiger partial charge in [0.15, 0.2) is 0 Å². The van der Waals surface area contributed by atoms with Gasteiger partial charge in [-0.05, 0) is 49.7 Å². The topological polar surface area (TPSA) is 40.8 Å². The average molecular weight is 285 g/mol. The number of nitriles is 1. The van der Waals surface area contributed by atoms with Crippen molar-refractivity contribution in [1.29, 1.82) is 5.26 Å². The van der Waals surface area contributed by atoms with Gasteiger partial charge in [0.25, 0.3) is 0 Å². The Labute approximate surface area is 128 Å². The Morgan fingerprint density at radius 2 is 2.00 bits per heavy atom. The zero-order valence-electron chi connectivity index (χ0n) is 13.4. The normalized spacial score (nSPS) is 28.9. The third-order valence-electron chi connectivity index (χ3n) is 5.88. The summed E-state index contributed by atoms with van der Waals surface area (Å²) in [5.41, 5.74) is 3.26. The van der Waals surface area contributed by atoms with E-state index in [0.29, 0.717) is 6.04 Å². The van der Waals surface area contributed by atoms with Crippen LogP contribution in [0.2, 0.25) is 0 Å². The van der Waals surface area contributed by atoms with Gasteiger partial charge >= 0.3 is 0 Å². The van der Waals surface area contributed by atoms with Crippen molar-refractivity contribution in [2.75, 3.05) is 0 Å². The third-order valence-corrected chi connectivity index (χ3v) is 5.88. The minimum Gasteiger partial charge on any atom is -0.340 e. The monoisotopic (exact) mass is 285 g/mol. The summed E-state index contributed by atoms with van der Waals surface area (Å²) in [5.74, 6) is 1.98. The fraction of sp³-hybridized carbons (Fsp3) is 0.722. The zero-order valence-corrected chi connectivity index (χ0v) is 13.4. The maximum absolute atomic E-state index is 9.11. The lowest BCUT2D eigenvalue weighted by molar-refractivity contribution is 0.143. The van der Waals surface area contributed by atoms with E-state index < -0.39 is 0 Å². The van der Waals surface area contributed by atoms with Crippen LogP contribution in [0.1, 0.15) is 61.9 Å². The molecule has 0 amide bonds. The minimum atomic E-state index is 0.675. The summed E-state index contributed by atoms with van der Waals surface area (Å²) in [5, 5.41) is 12.9. The number of hydrogen-bond donors (Lipinski definition) is 1. The fourth-order valence-corrected chi connectivity index (χ4v) is 4.36. The van der Waals surface area contributed by atoms with E-state index in [0.717, 1.165) is 24.1 Å². The van der Waals surface area contributed by atoms with E-state index in [4.69, 9.17) is 5.26 Å². The van der Waals surface area contributed by atoms with E-state index in [2.05, 4.69) is 18.3 Å². The van der Waals surface area contributed by atoms with Crippen molar-refractivity contribution < 1.29 is 0 Å². The second-order valence-electron chi connectivity index (χ2n) is 7.01. The number of nitrogens with zero attached hydrogens (tertiary/aromatic N) is 2. The second kappa shape index (κ2) is 6.23. The van der Waals surface area contributed by atoms with Crippen molar-refractivity contribution in [2.24, 2.45) is 18.9 Å². The van der Waals surface area contributed by atoms with E-state index >= 15 is 0 Å². The Bertz CT molecular complexity index is 537. The van der Waals surface area contributed by atoms with Crippen molar-refractivity contribution >= 4 is 0 Å². The van der Waals surface area contributed by atoms with Gasteiger partial charge in [-0.25, -0.2) is 0 Å². The number of rotatable bonds is 3. The SMILES string of the molecule is Cc1c(CN[C@@H]2CC[C@@H]3CCCC[C@H]3C2)cc(C#N)n1C. The number of aromatic nitrogens is 1. The molecule has 21 heavy (non-hydrogen) atoms. The Morgan fingerprint density at radius 1 is 1.24 bits per heavy atom. The first-order valence-electron chi connectivity index (χ1n) is 8.47. The van der Waals surface area contributed by atoms with Crippen LogP contribution in [0.3, 0.4) is 0 Å². The van der Waals surface area contributed by atoms with Crippen molar-refractivity contribution in [1.82, 2.24) is 9.88 Å². The molecule has 0 aromatic carbocycles. The van der Waals surface area contributed by atoms with Gasteiger partial charge in [-0.1, -0.05) is 25.7 Å². The second-order valence-corrected chi connectivity index (χ2v) is 7.01. The van der Waals surface area contributed by atoms with Gasteiger partial charge < -0.3 is 9.88 Å². The lowest BCUT2D eigenvalue weighted by Crippen LogP contribution is -2.38. The van der Waals surface area contributed by atoms with Crippen molar-refractivity contribution in [2.45, 2.75) is 64.5 Å². The first-order valence-corrected chi connectivity index (χ1v) is 8.47. The van der Waals surface area contributed by atoms with Crippen molar-refractivity contribution in [3.05, 3.63) is 23.0 Å². The maximum atomic E-state index is 9.11. The molecule has 1 aromatic rings. The lowest BCUT2D eigenvalue weighted by atomic mass is 9.69. The summed E-state index contributed by atoms with van der Waals surface area (Å²) >= 11 is 0. The van der Waals surface area contributed by atoms with Gasteiger partial charge in [-0.15, -0.1) is 0 Å². The molecule has 3 atom stereocenters. The molecule has 2 fully saturated rings. The highest BCUT2D eigenvalue weighted by Crippen LogP contribution is 2.40. The Morgan fingerprint density at radius 3 is 2.71 bits per heavy atom. The molecule has 3 rings (SSSR count). The summed E-state index contributed by atoms with van der Waals surface area (Å²) in [6.07, 6.45) is 9.93. The molecule has 0 bridgehead atoms. The summed E-state index contributed by atoms with van der Waals surface area (Å²) in [4.78, 5) is 0. The van der Waals surface area contributed by atoms with E-state index in [-0.39, 0.29) is 0 Å². The standard InChI is InChI=1S/C18H27N3/c1-13-16(10-18(11-19)21(13)2)12-20-17-8-7-14-5-3-4-6-15(14)9-17/h10,14-15,17,20H,3-9,12H2,1-2H3/t14-,15-,17+/m0/s1. The van der Waals surface area contributed by atoms with Crippen molar-refractivity contribution in [3.8, 4) is 6.07 Å². The fourth-order valence-electron chi connectivity index (χ4n) is 4.36. The van der Waals surface area contributed by atoms with Gasteiger partial charge in [-0.3, -0.25) is 0 Å². The molecule has 1 aromatic heterocycles. The first kappa shape index (κ1) is 14.7. The molecule has 2 aliphatic carbocycles. The molecule has 1 heterocycles. The van der Waals surface area contributed by atoms with Gasteiger partial charge in [0.05, 0.1) is 0 Å². The van der Waals surface area contributed by atoms with Crippen LogP contribution >= 0.6 is 0 Å². The van der Waals surface area contributed by atoms with Crippen LogP contribution < -0.4 is 5.32 Å². The number of hydrogen-bond acceptors (Lipinski definition) is 2. The lowest BCUT2D eigenvalue weighted by Gasteiger charge is -2.39. The quantitative estimate of drug-likeness (QED) is 0.921. The van der Waals surface area contributed by atoms with Crippen LogP contribution in [0.15, 0.2) is 6.07 Å². The Kier molecular flexibility index (Phi) is 4.35. The summed E-state index contributed by atoms with van der Waals surface area (Å²) in [6.45, 7) is 3.01. The molecular weight excluding hydrogens is 258 g/mol. The Balaban J connectivity index is 1.57. The van der Waals surface area contributed by atoms with Crippen LogP contribution in [0.5, 0.6) is 0 Å². The average Bonchev–Trinajstić information content (AvgIpc) is 2.80. The van der Waals surface area contributed by atoms with Gasteiger partial charge in [0.2, 0.25) is 0 Å². The predicted octanol–water partition coefficient (Wildman–Crippen LogP) is 3.65. The minimum absolute atomic E-state index is 0.675. The summed E-state index contributed by atoms with van der Waals surface area (Å²) in [7, 11) is 1.98. The highest BCUT2D eigenvalue weighted by molar-refractivity contribution is 5.34. The number of fused-ring (bicyclic) bond motifs is 1. The molecule has 0 unspecified atom stereocenters. The summed E-state index contributed by atoms with van der Waals surface area (Å²) < 4.78 is 2.00. The highest BCUT2D eigenvalue weighted by atomic mass is 15.0. The van der Waals surface area contributed by atoms with E-state index in [1.807, 2.05) is 17.7 Å². The van der Waals surface area contributed by atoms with Crippen molar-refractivity contribution in [3.63, 3.8) is 0 Å². The van der Waals surface area contributed by atoms with Gasteiger partial charge in [0.1, 0.15) is 11.8 Å². The maximum Gasteiger partial charge on any atom is 0.120 e. The molecule has 114 valence electrons. The van der Waals surface area contributed by atoms with Gasteiger partial charge in [-0.2, -0.15) is 5.26 Å². The third kappa shape index (κ3) is 3.01. The van der Waals surface area contributed by atoms with Crippen LogP contribution in [-0.2, 0) is 13.6 Å². The molecule has 2 aliphatic rings. The van der Waals surface area contributed by atoms with Gasteiger partial charge in [0, 0.05) is 25.3 Å². The van der Waals surface area contributed by atoms with E-state index in [9.17, 15) is 0 Å². The molecule has 0 radical (unpaired) electrons. The molecule has 0 spiro atoms. The van der Waals surface area contributed by atoms with E-state index in [1.165, 1.54) is 56.2 Å². The zero-order chi connectivity index (χ0) is 14.8. The predicted molar refractivity (Wildman–Crippen MR) is 84.8 cm³/mol. The Hall–Kier alpha value is -1.27. The molecule has 0 saturated heterocycles. The first-order chi connectivity index (χ1) is 10.2. The van der Waals surface area contributed by atoms with Crippen LogP contribution in [0.25, 0.3) is 0 Å². The van der Waals surface area contributed by atoms with Crippen LogP contribution in [0.4, 0.5) is 0 Å². The molecular formula is C18H27N3. The molecule has 2 saturated carbocycles. The summed E-state index contributed by atoms with van der Waals surface area (Å²) in [6, 6.07) is 4.98.